The number of para-hydroxylation sites is 1. The van der Waals surface area contributed by atoms with Crippen LogP contribution in [0.1, 0.15) is 43.6 Å². The SMILES string of the molecule is O=C(C[C@@H]1C[C@H]2c3cc(NC(=O)Nc4ccccc4)ccc3O[C@H]2[C@@H](CO)O1)NCCN1CCCCC1. The van der Waals surface area contributed by atoms with Gasteiger partial charge in [-0.1, -0.05) is 24.6 Å². The summed E-state index contributed by atoms with van der Waals surface area (Å²) in [4.78, 5) is 27.5. The van der Waals surface area contributed by atoms with Crippen LogP contribution in [0.5, 0.6) is 5.75 Å². The summed E-state index contributed by atoms with van der Waals surface area (Å²) in [5.41, 5.74) is 2.31. The molecule has 3 aliphatic heterocycles. The van der Waals surface area contributed by atoms with E-state index in [2.05, 4.69) is 20.9 Å². The van der Waals surface area contributed by atoms with Gasteiger partial charge in [0.15, 0.2) is 0 Å². The van der Waals surface area contributed by atoms with Crippen LogP contribution in [0.2, 0.25) is 0 Å². The molecule has 3 amide bonds. The number of rotatable bonds is 8. The quantitative estimate of drug-likeness (QED) is 0.435. The molecule has 0 spiro atoms. The number of carbonyl (C=O) groups excluding carboxylic acids is 2. The molecule has 3 heterocycles. The number of aliphatic hydroxyl groups is 1. The molecule has 37 heavy (non-hydrogen) atoms. The first-order valence-corrected chi connectivity index (χ1v) is 13.3. The van der Waals surface area contributed by atoms with Crippen molar-refractivity contribution >= 4 is 23.3 Å². The van der Waals surface area contributed by atoms with Crippen LogP contribution in [0.4, 0.5) is 16.2 Å². The molecule has 9 nitrogen and oxygen atoms in total. The van der Waals surface area contributed by atoms with Gasteiger partial charge < -0.3 is 35.4 Å². The lowest BCUT2D eigenvalue weighted by Crippen LogP contribution is -2.47. The zero-order chi connectivity index (χ0) is 25.6. The fourth-order valence-corrected chi connectivity index (χ4v) is 5.60. The van der Waals surface area contributed by atoms with Gasteiger partial charge in [-0.2, -0.15) is 0 Å². The van der Waals surface area contributed by atoms with Crippen LogP contribution in [-0.4, -0.2) is 73.0 Å². The van der Waals surface area contributed by atoms with Crippen LogP contribution in [0.15, 0.2) is 48.5 Å². The van der Waals surface area contributed by atoms with Gasteiger partial charge in [-0.3, -0.25) is 4.79 Å². The zero-order valence-corrected chi connectivity index (χ0v) is 21.0. The second-order valence-corrected chi connectivity index (χ2v) is 10.1. The fraction of sp³-hybridized carbons (Fsp3) is 0.500. The highest BCUT2D eigenvalue weighted by Gasteiger charge is 2.46. The van der Waals surface area contributed by atoms with Crippen molar-refractivity contribution < 1.29 is 24.2 Å². The number of urea groups is 1. The number of fused-ring (bicyclic) bond motifs is 3. The molecular formula is C28H36N4O5. The molecule has 0 unspecified atom stereocenters. The monoisotopic (exact) mass is 508 g/mol. The molecule has 4 atom stereocenters. The summed E-state index contributed by atoms with van der Waals surface area (Å²) in [6.45, 7) is 3.52. The van der Waals surface area contributed by atoms with E-state index in [-0.39, 0.29) is 43.1 Å². The number of anilines is 2. The van der Waals surface area contributed by atoms with Gasteiger partial charge >= 0.3 is 6.03 Å². The fourth-order valence-electron chi connectivity index (χ4n) is 5.60. The average Bonchev–Trinajstić information content (AvgIpc) is 3.27. The van der Waals surface area contributed by atoms with E-state index < -0.39 is 6.10 Å². The Bertz CT molecular complexity index is 1080. The number of hydrogen-bond acceptors (Lipinski definition) is 6. The summed E-state index contributed by atoms with van der Waals surface area (Å²) in [6, 6.07) is 14.5. The number of nitrogens with one attached hydrogen (secondary N) is 3. The lowest BCUT2D eigenvalue weighted by Gasteiger charge is -2.37. The minimum absolute atomic E-state index is 0.0361. The number of aliphatic hydroxyl groups excluding tert-OH is 1. The third-order valence-corrected chi connectivity index (χ3v) is 7.40. The number of hydrogen-bond donors (Lipinski definition) is 4. The van der Waals surface area contributed by atoms with E-state index in [1.807, 2.05) is 42.5 Å². The Labute approximate surface area is 217 Å². The van der Waals surface area contributed by atoms with Crippen molar-refractivity contribution in [3.63, 3.8) is 0 Å². The molecule has 0 bridgehead atoms. The molecule has 0 saturated carbocycles. The van der Waals surface area contributed by atoms with Gasteiger partial charge in [-0.15, -0.1) is 0 Å². The second kappa shape index (κ2) is 11.9. The average molecular weight is 509 g/mol. The Balaban J connectivity index is 1.18. The Morgan fingerprint density at radius 2 is 1.78 bits per heavy atom. The van der Waals surface area contributed by atoms with E-state index in [1.54, 1.807) is 6.07 Å². The summed E-state index contributed by atoms with van der Waals surface area (Å²) in [5, 5.41) is 18.7. The van der Waals surface area contributed by atoms with Crippen LogP contribution in [0.25, 0.3) is 0 Å². The number of benzene rings is 2. The standard InChI is InChI=1S/C28H36N4O5/c33-18-25-27-23(16-21(36-25)17-26(34)29-11-14-32-12-5-2-6-13-32)22-15-20(9-10-24(22)37-27)31-28(35)30-19-7-3-1-4-8-19/h1,3-4,7-10,15,21,23,25,27,33H,2,5-6,11-14,16-18H2,(H,29,34)(H2,30,31,35)/t21-,23-,25+,27+/m0/s1. The Morgan fingerprint density at radius 3 is 2.57 bits per heavy atom. The maximum Gasteiger partial charge on any atom is 0.323 e. The molecule has 2 aromatic rings. The van der Waals surface area contributed by atoms with Gasteiger partial charge in [0.2, 0.25) is 5.91 Å². The van der Waals surface area contributed by atoms with Crippen molar-refractivity contribution in [1.82, 2.24) is 10.2 Å². The van der Waals surface area contributed by atoms with Gasteiger partial charge in [-0.25, -0.2) is 4.79 Å². The molecule has 4 N–H and O–H groups in total. The maximum absolute atomic E-state index is 12.7. The van der Waals surface area contributed by atoms with Crippen molar-refractivity contribution in [3.05, 3.63) is 54.1 Å². The first-order valence-electron chi connectivity index (χ1n) is 13.3. The van der Waals surface area contributed by atoms with Crippen LogP contribution in [0, 0.1) is 0 Å². The third kappa shape index (κ3) is 6.41. The number of piperidine rings is 1. The first-order chi connectivity index (χ1) is 18.1. The van der Waals surface area contributed by atoms with Gasteiger partial charge in [0, 0.05) is 35.9 Å². The smallest absolute Gasteiger partial charge is 0.323 e. The molecule has 0 aromatic heterocycles. The van der Waals surface area contributed by atoms with E-state index in [0.29, 0.717) is 24.3 Å². The Morgan fingerprint density at radius 1 is 1.00 bits per heavy atom. The topological polar surface area (TPSA) is 112 Å². The van der Waals surface area contributed by atoms with E-state index >= 15 is 0 Å². The minimum Gasteiger partial charge on any atom is -0.487 e. The third-order valence-electron chi connectivity index (χ3n) is 7.40. The van der Waals surface area contributed by atoms with E-state index in [0.717, 1.165) is 30.9 Å². The normalized spacial score (nSPS) is 24.9. The summed E-state index contributed by atoms with van der Waals surface area (Å²) in [7, 11) is 0. The van der Waals surface area contributed by atoms with Crippen LogP contribution < -0.4 is 20.7 Å². The zero-order valence-electron chi connectivity index (χ0n) is 21.0. The summed E-state index contributed by atoms with van der Waals surface area (Å²) in [5.74, 6) is 0.646. The van der Waals surface area contributed by atoms with Gasteiger partial charge in [0.05, 0.1) is 19.1 Å². The van der Waals surface area contributed by atoms with Gasteiger partial charge in [0.25, 0.3) is 0 Å². The van der Waals surface area contributed by atoms with Crippen molar-refractivity contribution in [3.8, 4) is 5.75 Å². The number of carbonyl (C=O) groups is 2. The predicted molar refractivity (Wildman–Crippen MR) is 141 cm³/mol. The second-order valence-electron chi connectivity index (χ2n) is 10.1. The van der Waals surface area contributed by atoms with Gasteiger partial charge in [-0.05, 0) is 62.7 Å². The highest BCUT2D eigenvalue weighted by atomic mass is 16.6. The molecule has 0 radical (unpaired) electrons. The molecule has 2 fully saturated rings. The molecule has 9 heteroatoms. The van der Waals surface area contributed by atoms with E-state index in [9.17, 15) is 14.7 Å². The highest BCUT2D eigenvalue weighted by Crippen LogP contribution is 2.47. The van der Waals surface area contributed by atoms with Crippen molar-refractivity contribution in [2.24, 2.45) is 0 Å². The number of amides is 3. The lowest BCUT2D eigenvalue weighted by atomic mass is 9.84. The van der Waals surface area contributed by atoms with Crippen LogP contribution in [0.3, 0.4) is 0 Å². The maximum atomic E-state index is 12.7. The molecule has 2 saturated heterocycles. The minimum atomic E-state index is -0.518. The summed E-state index contributed by atoms with van der Waals surface area (Å²) in [6.07, 6.45) is 3.44. The predicted octanol–water partition coefficient (Wildman–Crippen LogP) is 3.32. The van der Waals surface area contributed by atoms with Crippen molar-refractivity contribution in [1.29, 1.82) is 0 Å². The Hall–Kier alpha value is -3.14. The van der Waals surface area contributed by atoms with Crippen molar-refractivity contribution in [2.75, 3.05) is 43.4 Å². The molecule has 2 aromatic carbocycles. The molecule has 198 valence electrons. The summed E-state index contributed by atoms with van der Waals surface area (Å²) >= 11 is 0. The largest absolute Gasteiger partial charge is 0.487 e. The number of nitrogens with zero attached hydrogens (tertiary/aromatic N) is 1. The van der Waals surface area contributed by atoms with Crippen LogP contribution in [-0.2, 0) is 9.53 Å². The molecule has 5 rings (SSSR count). The highest BCUT2D eigenvalue weighted by molar-refractivity contribution is 5.99. The first kappa shape index (κ1) is 25.5. The molecule has 0 aliphatic carbocycles. The van der Waals surface area contributed by atoms with Crippen molar-refractivity contribution in [2.45, 2.75) is 56.3 Å². The lowest BCUT2D eigenvalue weighted by molar-refractivity contribution is -0.142. The molecule has 3 aliphatic rings. The Kier molecular flexibility index (Phi) is 8.23. The van der Waals surface area contributed by atoms with E-state index in [4.69, 9.17) is 9.47 Å². The number of ether oxygens (including phenoxy) is 2. The summed E-state index contributed by atoms with van der Waals surface area (Å²) < 4.78 is 12.2. The van der Waals surface area contributed by atoms with E-state index in [1.165, 1.54) is 19.3 Å². The van der Waals surface area contributed by atoms with Gasteiger partial charge in [0.1, 0.15) is 18.0 Å². The number of likely N-dealkylation sites (tertiary alicyclic amines) is 1. The molecular weight excluding hydrogens is 472 g/mol. The van der Waals surface area contributed by atoms with Crippen LogP contribution >= 0.6 is 0 Å².